The number of esters is 1. The van der Waals surface area contributed by atoms with Crippen LogP contribution in [0.15, 0.2) is 111 Å². The third-order valence-corrected chi connectivity index (χ3v) is 11.8. The van der Waals surface area contributed by atoms with Gasteiger partial charge in [0.2, 0.25) is 5.88 Å². The Kier molecular flexibility index (Phi) is 16.3. The molecule has 1 aliphatic heterocycles. The van der Waals surface area contributed by atoms with E-state index in [-0.39, 0.29) is 54.8 Å². The predicted octanol–water partition coefficient (Wildman–Crippen LogP) is 9.28. The molecule has 3 aromatic rings. The van der Waals surface area contributed by atoms with E-state index in [1.54, 1.807) is 0 Å². The van der Waals surface area contributed by atoms with Gasteiger partial charge in [-0.1, -0.05) is 110 Å². The largest absolute Gasteiger partial charge is 0.494 e. The Labute approximate surface area is 372 Å². The summed E-state index contributed by atoms with van der Waals surface area (Å²) in [5, 5.41) is 18.2. The quantitative estimate of drug-likeness (QED) is 0.0575. The number of hydrogen-bond acceptors (Lipinski definition) is 9. The van der Waals surface area contributed by atoms with E-state index < -0.39 is 29.2 Å². The summed E-state index contributed by atoms with van der Waals surface area (Å²) in [7, 11) is 0. The van der Waals surface area contributed by atoms with Gasteiger partial charge in [0.1, 0.15) is 18.8 Å². The Morgan fingerprint density at radius 1 is 0.889 bits per heavy atom. The van der Waals surface area contributed by atoms with E-state index in [4.69, 9.17) is 9.47 Å². The minimum atomic E-state index is -0.791. The molecule has 0 bridgehead atoms. The summed E-state index contributed by atoms with van der Waals surface area (Å²) in [6, 6.07) is 16.9. The molecule has 12 heteroatoms. The number of amides is 1. The summed E-state index contributed by atoms with van der Waals surface area (Å²) >= 11 is 0. The molecule has 0 saturated carbocycles. The molecule has 0 radical (unpaired) electrons. The Balaban J connectivity index is 1.58. The molecule has 1 aromatic heterocycles. The van der Waals surface area contributed by atoms with Crippen molar-refractivity contribution >= 4 is 29.0 Å². The van der Waals surface area contributed by atoms with E-state index in [9.17, 15) is 24.3 Å². The Morgan fingerprint density at radius 3 is 2.32 bits per heavy atom. The van der Waals surface area contributed by atoms with Gasteiger partial charge >= 0.3 is 17.8 Å². The summed E-state index contributed by atoms with van der Waals surface area (Å²) in [5.41, 5.74) is 6.76. The lowest BCUT2D eigenvalue weighted by atomic mass is 9.80. The highest BCUT2D eigenvalue weighted by Gasteiger charge is 2.39. The van der Waals surface area contributed by atoms with Gasteiger partial charge in [0, 0.05) is 47.7 Å². The third-order valence-electron chi connectivity index (χ3n) is 11.8. The van der Waals surface area contributed by atoms with Crippen LogP contribution in [-0.2, 0) is 38.2 Å². The van der Waals surface area contributed by atoms with Crippen molar-refractivity contribution < 1.29 is 24.2 Å². The summed E-state index contributed by atoms with van der Waals surface area (Å²) in [6.07, 6.45) is 12.1. The maximum absolute atomic E-state index is 14.6. The number of benzene rings is 2. The highest BCUT2D eigenvalue weighted by molar-refractivity contribution is 5.88. The van der Waals surface area contributed by atoms with Crippen LogP contribution >= 0.6 is 0 Å². The van der Waals surface area contributed by atoms with Crippen LogP contribution in [0.3, 0.4) is 0 Å². The molecule has 0 unspecified atom stereocenters. The number of rotatable bonds is 20. The SMILES string of the molecule is C=C(C)C(=O)OCCNC(=O)OCCn1c(O)c(C2=C(/C=C/CC(C)(C)c3ccccc3NCCC)CC/C2=C/C=C2\N(CCC)c3ccccc3C2(C)C)c(=O)n(CCC)c1=O. The van der Waals surface area contributed by atoms with Crippen molar-refractivity contribution in [3.63, 3.8) is 0 Å². The molecule has 1 aliphatic carbocycles. The van der Waals surface area contributed by atoms with Gasteiger partial charge in [-0.15, -0.1) is 0 Å². The number of aromatic nitrogens is 2. The lowest BCUT2D eigenvalue weighted by Crippen LogP contribution is -2.42. The molecule has 3 N–H and O–H groups in total. The van der Waals surface area contributed by atoms with Crippen molar-refractivity contribution in [3.05, 3.63) is 139 Å². The predicted molar refractivity (Wildman–Crippen MR) is 253 cm³/mol. The van der Waals surface area contributed by atoms with Crippen LogP contribution in [0.1, 0.15) is 111 Å². The number of ether oxygens (including phenoxy) is 2. The molecule has 0 saturated heterocycles. The van der Waals surface area contributed by atoms with E-state index in [1.807, 2.05) is 13.0 Å². The van der Waals surface area contributed by atoms with Gasteiger partial charge in [-0.05, 0) is 96.9 Å². The van der Waals surface area contributed by atoms with Crippen LogP contribution in [0.5, 0.6) is 5.88 Å². The summed E-state index contributed by atoms with van der Waals surface area (Å²) in [5.74, 6) is -1.05. The molecule has 1 amide bonds. The Bertz CT molecular complexity index is 2410. The first kappa shape index (κ1) is 48.0. The van der Waals surface area contributed by atoms with Gasteiger partial charge in [-0.25, -0.2) is 14.4 Å². The monoisotopic (exact) mass is 862 g/mol. The van der Waals surface area contributed by atoms with Crippen LogP contribution < -0.4 is 26.8 Å². The van der Waals surface area contributed by atoms with Crippen LogP contribution in [0.2, 0.25) is 0 Å². The molecule has 2 heterocycles. The van der Waals surface area contributed by atoms with Gasteiger partial charge in [-0.3, -0.25) is 13.9 Å². The summed E-state index contributed by atoms with van der Waals surface area (Å²) in [4.78, 5) is 55.1. The van der Waals surface area contributed by atoms with Crippen LogP contribution in [-0.4, -0.2) is 59.2 Å². The summed E-state index contributed by atoms with van der Waals surface area (Å²) in [6.45, 7) is 21.5. The normalized spacial score (nSPS) is 16.0. The topological polar surface area (TPSA) is 144 Å². The van der Waals surface area contributed by atoms with Crippen LogP contribution in [0.25, 0.3) is 5.57 Å². The fourth-order valence-corrected chi connectivity index (χ4v) is 8.49. The minimum Gasteiger partial charge on any atom is -0.494 e. The first-order chi connectivity index (χ1) is 30.1. The van der Waals surface area contributed by atoms with Gasteiger partial charge < -0.3 is 30.1 Å². The average Bonchev–Trinajstić information content (AvgIpc) is 3.74. The van der Waals surface area contributed by atoms with E-state index in [2.05, 4.69) is 130 Å². The second kappa shape index (κ2) is 21.4. The van der Waals surface area contributed by atoms with Crippen molar-refractivity contribution in [1.29, 1.82) is 0 Å². The van der Waals surface area contributed by atoms with E-state index >= 15 is 0 Å². The van der Waals surface area contributed by atoms with Crippen molar-refractivity contribution in [2.75, 3.05) is 43.1 Å². The van der Waals surface area contributed by atoms with Crippen molar-refractivity contribution in [3.8, 4) is 5.88 Å². The summed E-state index contributed by atoms with van der Waals surface area (Å²) < 4.78 is 12.6. The molecular formula is C51H67N5O7. The highest BCUT2D eigenvalue weighted by atomic mass is 16.6. The average molecular weight is 862 g/mol. The fourth-order valence-electron chi connectivity index (χ4n) is 8.49. The zero-order valence-electron chi connectivity index (χ0n) is 38.6. The van der Waals surface area contributed by atoms with E-state index in [1.165, 1.54) is 23.7 Å². The highest BCUT2D eigenvalue weighted by Crippen LogP contribution is 2.48. The number of nitrogens with one attached hydrogen (secondary N) is 2. The molecule has 63 heavy (non-hydrogen) atoms. The van der Waals surface area contributed by atoms with Crippen molar-refractivity contribution in [1.82, 2.24) is 14.5 Å². The maximum atomic E-state index is 14.6. The molecule has 2 aromatic carbocycles. The van der Waals surface area contributed by atoms with Gasteiger partial charge in [0.25, 0.3) is 5.56 Å². The number of fused-ring (bicyclic) bond motifs is 1. The molecule has 0 spiro atoms. The molecular weight excluding hydrogens is 795 g/mol. The number of allylic oxidation sites excluding steroid dienone is 8. The van der Waals surface area contributed by atoms with E-state index in [0.717, 1.165) is 57.6 Å². The van der Waals surface area contributed by atoms with E-state index in [0.29, 0.717) is 31.3 Å². The zero-order valence-corrected chi connectivity index (χ0v) is 38.6. The van der Waals surface area contributed by atoms with Gasteiger partial charge in [0.15, 0.2) is 0 Å². The lowest BCUT2D eigenvalue weighted by Gasteiger charge is -2.27. The van der Waals surface area contributed by atoms with Crippen molar-refractivity contribution in [2.24, 2.45) is 0 Å². The number of para-hydroxylation sites is 2. The molecule has 2 aliphatic rings. The number of carbonyl (C=O) groups excluding carboxylic acids is 2. The molecule has 0 fully saturated rings. The third kappa shape index (κ3) is 11.0. The first-order valence-electron chi connectivity index (χ1n) is 22.4. The lowest BCUT2D eigenvalue weighted by molar-refractivity contribution is -0.138. The Morgan fingerprint density at radius 2 is 1.60 bits per heavy atom. The number of hydrogen-bond donors (Lipinski definition) is 3. The zero-order chi connectivity index (χ0) is 45.9. The smallest absolute Gasteiger partial charge is 0.407 e. The number of aromatic hydroxyl groups is 1. The van der Waals surface area contributed by atoms with Crippen molar-refractivity contribution in [2.45, 2.75) is 118 Å². The molecule has 12 nitrogen and oxygen atoms in total. The first-order valence-corrected chi connectivity index (χ1v) is 22.4. The Hall–Kier alpha value is -6.04. The second-order valence-electron chi connectivity index (χ2n) is 17.5. The van der Waals surface area contributed by atoms with Crippen LogP contribution in [0, 0.1) is 0 Å². The minimum absolute atomic E-state index is 0.00319. The maximum Gasteiger partial charge on any atom is 0.407 e. The van der Waals surface area contributed by atoms with Gasteiger partial charge in [0.05, 0.1) is 13.1 Å². The molecule has 338 valence electrons. The number of nitrogens with zero attached hydrogens (tertiary/aromatic N) is 3. The second-order valence-corrected chi connectivity index (χ2v) is 17.5. The number of carbonyl (C=O) groups is 2. The fraction of sp³-hybridized carbons (Fsp3) is 0.451. The number of anilines is 2. The van der Waals surface area contributed by atoms with Gasteiger partial charge in [-0.2, -0.15) is 0 Å². The molecule has 0 atom stereocenters. The van der Waals surface area contributed by atoms with Crippen LogP contribution in [0.4, 0.5) is 16.2 Å². The molecule has 5 rings (SSSR count). The standard InChI is InChI=1S/C51H67N5O7/c1-10-28-52-40-21-15-13-19-38(40)50(6,7)27-17-18-36-23-24-37(25-26-42-51(8,9)39-20-14-16-22-41(39)54(42)30-11-2)43(36)44-45(57)55(31-12-3)49(61)56(46(44)58)32-34-63-48(60)53-29-33-62-47(59)35(4)5/h13-22,25-26,52,58H,4,10-12,23-24,27-34H2,1-3,5-9H3,(H,53,60)/b18-17+,37-25-,42-26-. The number of alkyl carbamates (subject to hydrolysis) is 1.